The first kappa shape index (κ1) is 17.6. The number of hydrogen-bond acceptors (Lipinski definition) is 1. The lowest BCUT2D eigenvalue weighted by molar-refractivity contribution is -0.140. The molecular formula is C23H37NO. The van der Waals surface area contributed by atoms with Crippen molar-refractivity contribution in [2.24, 2.45) is 34.0 Å². The summed E-state index contributed by atoms with van der Waals surface area (Å²) >= 11 is 0. The molecule has 2 unspecified atom stereocenters. The van der Waals surface area contributed by atoms with Crippen molar-refractivity contribution >= 4 is 5.91 Å². The predicted molar refractivity (Wildman–Crippen MR) is 103 cm³/mol. The van der Waals surface area contributed by atoms with Gasteiger partial charge in [-0.25, -0.2) is 0 Å². The second-order valence-electron chi connectivity index (χ2n) is 10.5. The van der Waals surface area contributed by atoms with Crippen molar-refractivity contribution in [2.45, 2.75) is 91.5 Å². The summed E-state index contributed by atoms with van der Waals surface area (Å²) in [7, 11) is 0. The molecule has 4 rings (SSSR count). The maximum Gasteiger partial charge on any atom is 0.243 e. The van der Waals surface area contributed by atoms with Crippen LogP contribution in [0.25, 0.3) is 0 Å². The second kappa shape index (κ2) is 5.86. The number of carbonyl (C=O) groups is 1. The van der Waals surface area contributed by atoms with Crippen molar-refractivity contribution < 1.29 is 4.79 Å². The first-order chi connectivity index (χ1) is 11.8. The van der Waals surface area contributed by atoms with E-state index in [-0.39, 0.29) is 11.3 Å². The standard InChI is InChI=1S/C23H37NO/c1-5-6-11-22(3)15-18-23(4,14-10-19(25)24-18)17-9-13-21(2)12-7-8-16(21)20(17)22/h10,14,16-18,20H,5-9,11-13,15H2,1-4H3,(H,24,25)/t16-,17+,18?,20-,21-,22?,23+/m0/s1. The summed E-state index contributed by atoms with van der Waals surface area (Å²) < 4.78 is 0. The highest BCUT2D eigenvalue weighted by Crippen LogP contribution is 2.68. The molecule has 1 amide bonds. The maximum atomic E-state index is 12.1. The zero-order chi connectivity index (χ0) is 17.9. The van der Waals surface area contributed by atoms with E-state index in [0.29, 0.717) is 16.9 Å². The summed E-state index contributed by atoms with van der Waals surface area (Å²) in [5, 5.41) is 3.37. The van der Waals surface area contributed by atoms with Gasteiger partial charge in [-0.05, 0) is 73.2 Å². The highest BCUT2D eigenvalue weighted by atomic mass is 16.1. The topological polar surface area (TPSA) is 29.1 Å². The summed E-state index contributed by atoms with van der Waals surface area (Å²) in [5.74, 6) is 2.60. The van der Waals surface area contributed by atoms with E-state index in [4.69, 9.17) is 0 Å². The Morgan fingerprint density at radius 3 is 2.72 bits per heavy atom. The Morgan fingerprint density at radius 2 is 1.96 bits per heavy atom. The zero-order valence-electron chi connectivity index (χ0n) is 16.7. The summed E-state index contributed by atoms with van der Waals surface area (Å²) in [4.78, 5) is 12.1. The fraction of sp³-hybridized carbons (Fsp3) is 0.870. The first-order valence-corrected chi connectivity index (χ1v) is 10.8. The fourth-order valence-electron chi connectivity index (χ4n) is 7.65. The summed E-state index contributed by atoms with van der Waals surface area (Å²) in [5.41, 5.74) is 1.13. The molecule has 7 atom stereocenters. The molecule has 0 aromatic heterocycles. The van der Waals surface area contributed by atoms with Gasteiger partial charge in [-0.15, -0.1) is 0 Å². The van der Waals surface area contributed by atoms with Crippen molar-refractivity contribution in [3.05, 3.63) is 12.2 Å². The van der Waals surface area contributed by atoms with E-state index in [0.717, 1.165) is 17.8 Å². The minimum Gasteiger partial charge on any atom is -0.349 e. The molecule has 0 aromatic rings. The second-order valence-corrected chi connectivity index (χ2v) is 10.5. The lowest BCUT2D eigenvalue weighted by atomic mass is 9.42. The normalized spacial score (nSPS) is 51.4. The van der Waals surface area contributed by atoms with Crippen molar-refractivity contribution in [2.75, 3.05) is 0 Å². The molecule has 1 aliphatic heterocycles. The molecule has 0 radical (unpaired) electrons. The number of amides is 1. The van der Waals surface area contributed by atoms with Gasteiger partial charge in [0.25, 0.3) is 0 Å². The van der Waals surface area contributed by atoms with E-state index >= 15 is 0 Å². The first-order valence-electron chi connectivity index (χ1n) is 10.8. The molecule has 2 nitrogen and oxygen atoms in total. The van der Waals surface area contributed by atoms with Crippen LogP contribution >= 0.6 is 0 Å². The van der Waals surface area contributed by atoms with Gasteiger partial charge in [-0.2, -0.15) is 0 Å². The van der Waals surface area contributed by atoms with E-state index in [2.05, 4.69) is 39.1 Å². The number of nitrogens with one attached hydrogen (secondary N) is 1. The molecule has 25 heavy (non-hydrogen) atoms. The quantitative estimate of drug-likeness (QED) is 0.722. The van der Waals surface area contributed by atoms with E-state index in [9.17, 15) is 4.79 Å². The minimum absolute atomic E-state index is 0.125. The van der Waals surface area contributed by atoms with E-state index in [1.807, 2.05) is 6.08 Å². The molecule has 0 bridgehead atoms. The van der Waals surface area contributed by atoms with Gasteiger partial charge in [-0.3, -0.25) is 4.79 Å². The molecule has 0 aromatic carbocycles. The monoisotopic (exact) mass is 343 g/mol. The van der Waals surface area contributed by atoms with E-state index in [1.165, 1.54) is 57.8 Å². The van der Waals surface area contributed by atoms with Gasteiger partial charge in [0.1, 0.15) is 0 Å². The maximum absolute atomic E-state index is 12.1. The van der Waals surface area contributed by atoms with Crippen LogP contribution in [0.2, 0.25) is 0 Å². The van der Waals surface area contributed by atoms with E-state index in [1.54, 1.807) is 0 Å². The number of rotatable bonds is 3. The summed E-state index contributed by atoms with van der Waals surface area (Å²) in [6, 6.07) is 0.332. The third-order valence-electron chi connectivity index (χ3n) is 9.09. The molecule has 3 aliphatic carbocycles. The van der Waals surface area contributed by atoms with Crippen molar-refractivity contribution in [3.8, 4) is 0 Å². The van der Waals surface area contributed by atoms with Crippen LogP contribution in [0.5, 0.6) is 0 Å². The molecule has 1 heterocycles. The molecule has 3 fully saturated rings. The Bertz CT molecular complexity index is 583. The number of hydrogen-bond donors (Lipinski definition) is 1. The Kier molecular flexibility index (Phi) is 4.13. The highest BCUT2D eigenvalue weighted by molar-refractivity contribution is 5.89. The predicted octanol–water partition coefficient (Wildman–Crippen LogP) is 5.48. The van der Waals surface area contributed by atoms with Gasteiger partial charge in [0.15, 0.2) is 0 Å². The molecule has 0 spiro atoms. The summed E-state index contributed by atoms with van der Waals surface area (Å²) in [6.45, 7) is 9.93. The van der Waals surface area contributed by atoms with Gasteiger partial charge >= 0.3 is 0 Å². The van der Waals surface area contributed by atoms with Crippen molar-refractivity contribution in [3.63, 3.8) is 0 Å². The number of fused-ring (bicyclic) bond motifs is 5. The Labute approximate surface area is 154 Å². The van der Waals surface area contributed by atoms with Gasteiger partial charge in [-0.1, -0.05) is 53.0 Å². The molecule has 2 heteroatoms. The van der Waals surface area contributed by atoms with Gasteiger partial charge in [0.2, 0.25) is 5.91 Å². The highest BCUT2D eigenvalue weighted by Gasteiger charge is 2.63. The summed E-state index contributed by atoms with van der Waals surface area (Å²) in [6.07, 6.45) is 16.3. The zero-order valence-corrected chi connectivity index (χ0v) is 16.7. The molecule has 3 saturated carbocycles. The lowest BCUT2D eigenvalue weighted by Gasteiger charge is -2.64. The molecular weight excluding hydrogens is 306 g/mol. The third-order valence-corrected chi connectivity index (χ3v) is 9.09. The molecule has 4 aliphatic rings. The van der Waals surface area contributed by atoms with Crippen molar-refractivity contribution in [1.29, 1.82) is 0 Å². The molecule has 140 valence electrons. The largest absolute Gasteiger partial charge is 0.349 e. The molecule has 0 saturated heterocycles. The Morgan fingerprint density at radius 1 is 1.16 bits per heavy atom. The Balaban J connectivity index is 1.76. The Hall–Kier alpha value is -0.790. The number of unbranched alkanes of at least 4 members (excludes halogenated alkanes) is 1. The van der Waals surface area contributed by atoms with Crippen LogP contribution < -0.4 is 5.32 Å². The number of carbonyl (C=O) groups excluding carboxylic acids is 1. The van der Waals surface area contributed by atoms with Crippen LogP contribution in [0.3, 0.4) is 0 Å². The van der Waals surface area contributed by atoms with Crippen LogP contribution in [0.15, 0.2) is 12.2 Å². The van der Waals surface area contributed by atoms with Gasteiger partial charge in [0, 0.05) is 11.5 Å². The van der Waals surface area contributed by atoms with Crippen molar-refractivity contribution in [1.82, 2.24) is 5.32 Å². The van der Waals surface area contributed by atoms with Crippen LogP contribution in [0, 0.1) is 34.0 Å². The average molecular weight is 344 g/mol. The third kappa shape index (κ3) is 2.53. The lowest BCUT2D eigenvalue weighted by Crippen LogP contribution is -2.64. The van der Waals surface area contributed by atoms with Gasteiger partial charge in [0.05, 0.1) is 0 Å². The van der Waals surface area contributed by atoms with Crippen LogP contribution in [-0.2, 0) is 4.79 Å². The van der Waals surface area contributed by atoms with Gasteiger partial charge < -0.3 is 5.32 Å². The average Bonchev–Trinajstić information content (AvgIpc) is 2.96. The van der Waals surface area contributed by atoms with Crippen LogP contribution in [0.4, 0.5) is 0 Å². The fourth-order valence-corrected chi connectivity index (χ4v) is 7.65. The van der Waals surface area contributed by atoms with Crippen LogP contribution in [-0.4, -0.2) is 11.9 Å². The minimum atomic E-state index is 0.125. The smallest absolute Gasteiger partial charge is 0.243 e. The molecule has 1 N–H and O–H groups in total. The SMILES string of the molecule is CCCCC1(C)CC2NC(=O)C=C[C@]2(C)[C@@H]2CC[C@]3(C)CCC[C@H]3[C@@H]21. The van der Waals surface area contributed by atoms with Crippen LogP contribution in [0.1, 0.15) is 85.5 Å². The van der Waals surface area contributed by atoms with E-state index < -0.39 is 0 Å².